The van der Waals surface area contributed by atoms with Crippen LogP contribution in [0.5, 0.6) is 0 Å². The first kappa shape index (κ1) is 14.1. The number of hydrogen-bond acceptors (Lipinski definition) is 2. The first-order valence-corrected chi connectivity index (χ1v) is 7.81. The van der Waals surface area contributed by atoms with Crippen molar-refractivity contribution in [1.29, 1.82) is 0 Å². The average Bonchev–Trinajstić information content (AvgIpc) is 2.90. The monoisotopic (exact) mass is 274 g/mol. The summed E-state index contributed by atoms with van der Waals surface area (Å²) in [6.45, 7) is 9.62. The van der Waals surface area contributed by atoms with E-state index in [-0.39, 0.29) is 17.3 Å². The summed E-state index contributed by atoms with van der Waals surface area (Å²) in [7, 11) is 0. The van der Waals surface area contributed by atoms with E-state index in [0.29, 0.717) is 12.5 Å². The Balaban J connectivity index is 1.69. The van der Waals surface area contributed by atoms with Crippen molar-refractivity contribution in [3.05, 3.63) is 35.4 Å². The zero-order chi connectivity index (χ0) is 14.4. The smallest absolute Gasteiger partial charge is 0.0924 e. The zero-order valence-corrected chi connectivity index (χ0v) is 13.1. The molecule has 0 aromatic heterocycles. The summed E-state index contributed by atoms with van der Waals surface area (Å²) in [6.07, 6.45) is 3.60. The van der Waals surface area contributed by atoms with Crippen molar-refractivity contribution >= 4 is 0 Å². The molecular formula is C18H26O2. The lowest BCUT2D eigenvalue weighted by Crippen LogP contribution is -2.38. The molecule has 2 saturated heterocycles. The van der Waals surface area contributed by atoms with E-state index in [2.05, 4.69) is 52.0 Å². The molecule has 20 heavy (non-hydrogen) atoms. The molecule has 0 saturated carbocycles. The van der Waals surface area contributed by atoms with Crippen LogP contribution in [0, 0.1) is 12.8 Å². The lowest BCUT2D eigenvalue weighted by atomic mass is 9.75. The Morgan fingerprint density at radius 1 is 1.30 bits per heavy atom. The first-order valence-electron chi connectivity index (χ1n) is 7.81. The highest BCUT2D eigenvalue weighted by molar-refractivity contribution is 5.24. The molecule has 0 unspecified atom stereocenters. The van der Waals surface area contributed by atoms with Gasteiger partial charge in [-0.05, 0) is 43.7 Å². The molecule has 1 aromatic rings. The minimum atomic E-state index is -0.0764. The summed E-state index contributed by atoms with van der Waals surface area (Å²) in [5.74, 6) is 0.566. The third kappa shape index (κ3) is 2.19. The van der Waals surface area contributed by atoms with Gasteiger partial charge in [-0.15, -0.1) is 0 Å². The maximum absolute atomic E-state index is 6.42. The predicted molar refractivity (Wildman–Crippen MR) is 80.7 cm³/mol. The van der Waals surface area contributed by atoms with Crippen LogP contribution in [0.15, 0.2) is 24.3 Å². The van der Waals surface area contributed by atoms with Crippen LogP contribution in [-0.4, -0.2) is 17.3 Å². The molecule has 0 amide bonds. The number of ether oxygens (including phenoxy) is 2. The van der Waals surface area contributed by atoms with Crippen molar-refractivity contribution < 1.29 is 9.47 Å². The van der Waals surface area contributed by atoms with Crippen LogP contribution >= 0.6 is 0 Å². The molecule has 2 aliphatic heterocycles. The van der Waals surface area contributed by atoms with Crippen LogP contribution < -0.4 is 0 Å². The van der Waals surface area contributed by atoms with Crippen LogP contribution in [0.4, 0.5) is 0 Å². The molecule has 3 rings (SSSR count). The van der Waals surface area contributed by atoms with Gasteiger partial charge in [-0.3, -0.25) is 0 Å². The van der Waals surface area contributed by atoms with E-state index in [1.807, 2.05) is 0 Å². The summed E-state index contributed by atoms with van der Waals surface area (Å²) in [5.41, 5.74) is 2.58. The molecule has 110 valence electrons. The fraction of sp³-hybridized carbons (Fsp3) is 0.667. The first-order chi connectivity index (χ1) is 9.45. The van der Waals surface area contributed by atoms with Crippen molar-refractivity contribution in [1.82, 2.24) is 0 Å². The second-order valence-electron chi connectivity index (χ2n) is 7.06. The SMILES string of the molecule is Cc1ccccc1CO[C@H]1C[C@]2(C(C)C)CC[C@@]1(C)O2. The lowest BCUT2D eigenvalue weighted by Gasteiger charge is -2.31. The van der Waals surface area contributed by atoms with Crippen LogP contribution in [0.2, 0.25) is 0 Å². The molecule has 0 aliphatic carbocycles. The average molecular weight is 274 g/mol. The molecule has 0 radical (unpaired) electrons. The Labute approximate surface area is 122 Å². The van der Waals surface area contributed by atoms with Gasteiger partial charge in [-0.2, -0.15) is 0 Å². The second-order valence-corrected chi connectivity index (χ2v) is 7.06. The van der Waals surface area contributed by atoms with Gasteiger partial charge in [0, 0.05) is 6.42 Å². The molecule has 2 heterocycles. The number of aryl methyl sites for hydroxylation is 1. The largest absolute Gasteiger partial charge is 0.370 e. The van der Waals surface area contributed by atoms with Gasteiger partial charge in [0.1, 0.15) is 0 Å². The van der Waals surface area contributed by atoms with E-state index in [9.17, 15) is 0 Å². The van der Waals surface area contributed by atoms with E-state index >= 15 is 0 Å². The van der Waals surface area contributed by atoms with Gasteiger partial charge in [-0.1, -0.05) is 38.1 Å². The normalized spacial score (nSPS) is 36.0. The Hall–Kier alpha value is -0.860. The number of benzene rings is 1. The summed E-state index contributed by atoms with van der Waals surface area (Å²) in [6, 6.07) is 8.46. The van der Waals surface area contributed by atoms with Gasteiger partial charge in [0.2, 0.25) is 0 Å². The van der Waals surface area contributed by atoms with Crippen LogP contribution in [0.1, 0.15) is 51.2 Å². The van der Waals surface area contributed by atoms with Gasteiger partial charge in [-0.25, -0.2) is 0 Å². The molecule has 2 heteroatoms. The van der Waals surface area contributed by atoms with Crippen LogP contribution in [0.3, 0.4) is 0 Å². The number of fused-ring (bicyclic) bond motifs is 2. The minimum absolute atomic E-state index is 0.0607. The summed E-state index contributed by atoms with van der Waals surface area (Å²) >= 11 is 0. The number of hydrogen-bond donors (Lipinski definition) is 0. The van der Waals surface area contributed by atoms with Gasteiger partial charge in [0.15, 0.2) is 0 Å². The standard InChI is InChI=1S/C18H26O2/c1-13(2)18-10-9-17(4,20-18)16(11-18)19-12-15-8-6-5-7-14(15)3/h5-8,13,16H,9-12H2,1-4H3/t16-,17+,18-/m0/s1. The highest BCUT2D eigenvalue weighted by Gasteiger charge is 2.60. The molecule has 3 atom stereocenters. The lowest BCUT2D eigenvalue weighted by molar-refractivity contribution is -0.0960. The molecular weight excluding hydrogens is 248 g/mol. The summed E-state index contributed by atoms with van der Waals surface area (Å²) < 4.78 is 12.7. The topological polar surface area (TPSA) is 18.5 Å². The zero-order valence-electron chi connectivity index (χ0n) is 13.1. The van der Waals surface area contributed by atoms with Crippen molar-refractivity contribution in [2.45, 2.75) is 70.9 Å². The maximum atomic E-state index is 6.42. The molecule has 2 bridgehead atoms. The second kappa shape index (κ2) is 4.85. The molecule has 2 aliphatic rings. The fourth-order valence-electron chi connectivity index (χ4n) is 3.77. The molecule has 2 fully saturated rings. The van der Waals surface area contributed by atoms with Gasteiger partial charge in [0.25, 0.3) is 0 Å². The Morgan fingerprint density at radius 2 is 2.05 bits per heavy atom. The van der Waals surface area contributed by atoms with E-state index in [4.69, 9.17) is 9.47 Å². The van der Waals surface area contributed by atoms with Crippen LogP contribution in [-0.2, 0) is 16.1 Å². The Bertz CT molecular complexity index is 496. The highest BCUT2D eigenvalue weighted by atomic mass is 16.6. The van der Waals surface area contributed by atoms with E-state index in [1.54, 1.807) is 0 Å². The molecule has 0 spiro atoms. The third-order valence-electron chi connectivity index (χ3n) is 5.45. The van der Waals surface area contributed by atoms with Gasteiger partial charge < -0.3 is 9.47 Å². The van der Waals surface area contributed by atoms with Crippen molar-refractivity contribution in [3.63, 3.8) is 0 Å². The summed E-state index contributed by atoms with van der Waals surface area (Å²) in [4.78, 5) is 0. The highest BCUT2D eigenvalue weighted by Crippen LogP contribution is 2.55. The number of rotatable bonds is 4. The van der Waals surface area contributed by atoms with Gasteiger partial charge in [0.05, 0.1) is 23.9 Å². The van der Waals surface area contributed by atoms with E-state index in [0.717, 1.165) is 12.8 Å². The Morgan fingerprint density at radius 3 is 2.70 bits per heavy atom. The van der Waals surface area contributed by atoms with E-state index < -0.39 is 0 Å². The maximum Gasteiger partial charge on any atom is 0.0924 e. The summed E-state index contributed by atoms with van der Waals surface area (Å²) in [5, 5.41) is 0. The molecule has 1 aromatic carbocycles. The Kier molecular flexibility index (Phi) is 3.42. The predicted octanol–water partition coefficient (Wildman–Crippen LogP) is 4.25. The van der Waals surface area contributed by atoms with Crippen molar-refractivity contribution in [2.24, 2.45) is 5.92 Å². The quantitative estimate of drug-likeness (QED) is 0.817. The van der Waals surface area contributed by atoms with Crippen molar-refractivity contribution in [3.8, 4) is 0 Å². The fourth-order valence-corrected chi connectivity index (χ4v) is 3.77. The van der Waals surface area contributed by atoms with Crippen LogP contribution in [0.25, 0.3) is 0 Å². The third-order valence-corrected chi connectivity index (χ3v) is 5.45. The minimum Gasteiger partial charge on any atom is -0.370 e. The molecule has 0 N–H and O–H groups in total. The van der Waals surface area contributed by atoms with Gasteiger partial charge >= 0.3 is 0 Å². The van der Waals surface area contributed by atoms with E-state index in [1.165, 1.54) is 17.5 Å². The van der Waals surface area contributed by atoms with Crippen molar-refractivity contribution in [2.75, 3.05) is 0 Å². The molecule has 2 nitrogen and oxygen atoms in total.